The summed E-state index contributed by atoms with van der Waals surface area (Å²) in [7, 11) is 0. The highest BCUT2D eigenvalue weighted by atomic mass is 16.2. The van der Waals surface area contributed by atoms with E-state index in [1.165, 1.54) is 0 Å². The molecule has 0 saturated carbocycles. The molecule has 1 amide bonds. The van der Waals surface area contributed by atoms with Crippen molar-refractivity contribution >= 4 is 11.6 Å². The summed E-state index contributed by atoms with van der Waals surface area (Å²) in [5, 5.41) is 14.4. The van der Waals surface area contributed by atoms with E-state index in [4.69, 9.17) is 5.26 Å². The van der Waals surface area contributed by atoms with Gasteiger partial charge in [0.1, 0.15) is 0 Å². The number of nitriles is 1. The van der Waals surface area contributed by atoms with E-state index in [1.54, 1.807) is 0 Å². The Kier molecular flexibility index (Phi) is 3.18. The van der Waals surface area contributed by atoms with Gasteiger partial charge in [-0.2, -0.15) is 5.26 Å². The van der Waals surface area contributed by atoms with Crippen molar-refractivity contribution in [1.29, 1.82) is 5.26 Å². The first-order valence-electron chi connectivity index (χ1n) is 5.27. The summed E-state index contributed by atoms with van der Waals surface area (Å²) in [5.74, 6) is 0.158. The lowest BCUT2D eigenvalue weighted by atomic mass is 10.0. The van der Waals surface area contributed by atoms with E-state index in [2.05, 4.69) is 16.7 Å². The van der Waals surface area contributed by atoms with Gasteiger partial charge in [-0.3, -0.25) is 4.79 Å². The molecular formula is C12H13N3O. The number of nitrogens with zero attached hydrogens (tertiary/aromatic N) is 1. The van der Waals surface area contributed by atoms with Crippen molar-refractivity contribution in [2.45, 2.75) is 6.42 Å². The van der Waals surface area contributed by atoms with Crippen LogP contribution < -0.4 is 10.6 Å². The highest BCUT2D eigenvalue weighted by Gasteiger charge is 2.24. The highest BCUT2D eigenvalue weighted by Crippen LogP contribution is 2.12. The molecule has 0 atom stereocenters. The molecule has 1 aliphatic heterocycles. The zero-order valence-corrected chi connectivity index (χ0v) is 8.86. The molecule has 0 bridgehead atoms. The Balaban J connectivity index is 1.94. The van der Waals surface area contributed by atoms with Crippen molar-refractivity contribution in [2.75, 3.05) is 18.4 Å². The second kappa shape index (κ2) is 4.77. The van der Waals surface area contributed by atoms with Crippen LogP contribution in [0.15, 0.2) is 24.3 Å². The van der Waals surface area contributed by atoms with Gasteiger partial charge in [-0.05, 0) is 17.7 Å². The maximum Gasteiger partial charge on any atom is 0.230 e. The van der Waals surface area contributed by atoms with E-state index < -0.39 is 0 Å². The van der Waals surface area contributed by atoms with Crippen molar-refractivity contribution in [2.24, 2.45) is 5.92 Å². The Bertz CT molecular complexity index is 415. The van der Waals surface area contributed by atoms with Crippen LogP contribution in [0, 0.1) is 17.2 Å². The van der Waals surface area contributed by atoms with Crippen molar-refractivity contribution in [1.82, 2.24) is 5.32 Å². The third kappa shape index (κ3) is 2.38. The lowest BCUT2D eigenvalue weighted by Crippen LogP contribution is -2.48. The molecule has 1 fully saturated rings. The molecule has 1 aromatic carbocycles. The SMILES string of the molecule is N#CCc1ccc(NC(=O)C2CNC2)cc1. The smallest absolute Gasteiger partial charge is 0.230 e. The van der Waals surface area contributed by atoms with Crippen LogP contribution in [0.4, 0.5) is 5.69 Å². The minimum Gasteiger partial charge on any atom is -0.326 e. The van der Waals surface area contributed by atoms with Crippen LogP contribution in [0.1, 0.15) is 5.56 Å². The molecule has 1 aliphatic rings. The molecule has 0 radical (unpaired) electrons. The molecule has 0 unspecified atom stereocenters. The number of anilines is 1. The predicted octanol–water partition coefficient (Wildman–Crippen LogP) is 0.911. The van der Waals surface area contributed by atoms with E-state index in [-0.39, 0.29) is 11.8 Å². The zero-order chi connectivity index (χ0) is 11.4. The van der Waals surface area contributed by atoms with Crippen LogP contribution in [0.5, 0.6) is 0 Å². The summed E-state index contributed by atoms with van der Waals surface area (Å²) in [6.07, 6.45) is 0.404. The predicted molar refractivity (Wildman–Crippen MR) is 60.7 cm³/mol. The van der Waals surface area contributed by atoms with Crippen LogP contribution >= 0.6 is 0 Å². The number of hydrogen-bond donors (Lipinski definition) is 2. The lowest BCUT2D eigenvalue weighted by molar-refractivity contribution is -0.121. The molecule has 4 nitrogen and oxygen atoms in total. The first kappa shape index (κ1) is 10.7. The van der Waals surface area contributed by atoms with E-state index in [9.17, 15) is 4.79 Å². The first-order chi connectivity index (χ1) is 7.79. The van der Waals surface area contributed by atoms with Gasteiger partial charge in [-0.15, -0.1) is 0 Å². The molecule has 16 heavy (non-hydrogen) atoms. The zero-order valence-electron chi connectivity index (χ0n) is 8.86. The molecule has 0 spiro atoms. The van der Waals surface area contributed by atoms with Crippen LogP contribution in [-0.2, 0) is 11.2 Å². The van der Waals surface area contributed by atoms with E-state index in [1.807, 2.05) is 24.3 Å². The summed E-state index contributed by atoms with van der Waals surface area (Å²) in [6.45, 7) is 1.52. The Morgan fingerprint density at radius 3 is 2.62 bits per heavy atom. The topological polar surface area (TPSA) is 64.9 Å². The quantitative estimate of drug-likeness (QED) is 0.787. The number of amides is 1. The minimum atomic E-state index is 0.0618. The third-order valence-electron chi connectivity index (χ3n) is 2.66. The maximum atomic E-state index is 11.6. The molecular weight excluding hydrogens is 202 g/mol. The molecule has 2 rings (SSSR count). The normalized spacial score (nSPS) is 14.9. The van der Waals surface area contributed by atoms with Gasteiger partial charge in [0, 0.05) is 18.8 Å². The van der Waals surface area contributed by atoms with Crippen LogP contribution in [0.2, 0.25) is 0 Å². The minimum absolute atomic E-state index is 0.0618. The Morgan fingerprint density at radius 2 is 2.12 bits per heavy atom. The first-order valence-corrected chi connectivity index (χ1v) is 5.27. The van der Waals surface area contributed by atoms with Crippen LogP contribution in [0.3, 0.4) is 0 Å². The molecule has 1 heterocycles. The Hall–Kier alpha value is -1.86. The number of rotatable bonds is 3. The van der Waals surface area contributed by atoms with Gasteiger partial charge in [0.25, 0.3) is 0 Å². The van der Waals surface area contributed by atoms with Crippen molar-refractivity contribution in [3.8, 4) is 6.07 Å². The molecule has 1 aromatic rings. The molecule has 0 aliphatic carbocycles. The van der Waals surface area contributed by atoms with Crippen molar-refractivity contribution in [3.63, 3.8) is 0 Å². The molecule has 2 N–H and O–H groups in total. The maximum absolute atomic E-state index is 11.6. The molecule has 4 heteroatoms. The van der Waals surface area contributed by atoms with Gasteiger partial charge >= 0.3 is 0 Å². The average Bonchev–Trinajstić information content (AvgIpc) is 2.18. The van der Waals surface area contributed by atoms with Gasteiger partial charge in [0.05, 0.1) is 18.4 Å². The summed E-state index contributed by atoms with van der Waals surface area (Å²) in [4.78, 5) is 11.6. The Labute approximate surface area is 94.3 Å². The fourth-order valence-electron chi connectivity index (χ4n) is 1.52. The van der Waals surface area contributed by atoms with Gasteiger partial charge in [-0.1, -0.05) is 12.1 Å². The van der Waals surface area contributed by atoms with E-state index >= 15 is 0 Å². The van der Waals surface area contributed by atoms with Gasteiger partial charge in [0.15, 0.2) is 0 Å². The Morgan fingerprint density at radius 1 is 1.44 bits per heavy atom. The van der Waals surface area contributed by atoms with Gasteiger partial charge in [-0.25, -0.2) is 0 Å². The standard InChI is InChI=1S/C12H13N3O/c13-6-5-9-1-3-11(4-2-9)15-12(16)10-7-14-8-10/h1-4,10,14H,5,7-8H2,(H,15,16). The number of benzene rings is 1. The van der Waals surface area contributed by atoms with Crippen molar-refractivity contribution in [3.05, 3.63) is 29.8 Å². The van der Waals surface area contributed by atoms with Crippen LogP contribution in [0.25, 0.3) is 0 Å². The van der Waals surface area contributed by atoms with E-state index in [0.29, 0.717) is 6.42 Å². The number of nitrogens with one attached hydrogen (secondary N) is 2. The second-order valence-corrected chi connectivity index (χ2v) is 3.88. The summed E-state index contributed by atoms with van der Waals surface area (Å²) >= 11 is 0. The number of carbonyl (C=O) groups excluding carboxylic acids is 1. The number of carbonyl (C=O) groups is 1. The third-order valence-corrected chi connectivity index (χ3v) is 2.66. The highest BCUT2D eigenvalue weighted by molar-refractivity contribution is 5.93. The second-order valence-electron chi connectivity index (χ2n) is 3.88. The largest absolute Gasteiger partial charge is 0.326 e. The molecule has 0 aromatic heterocycles. The number of hydrogen-bond acceptors (Lipinski definition) is 3. The van der Waals surface area contributed by atoms with Gasteiger partial charge < -0.3 is 10.6 Å². The lowest BCUT2D eigenvalue weighted by Gasteiger charge is -2.25. The average molecular weight is 215 g/mol. The fourth-order valence-corrected chi connectivity index (χ4v) is 1.52. The molecule has 1 saturated heterocycles. The summed E-state index contributed by atoms with van der Waals surface area (Å²) in [6, 6.07) is 9.46. The summed E-state index contributed by atoms with van der Waals surface area (Å²) < 4.78 is 0. The van der Waals surface area contributed by atoms with Crippen molar-refractivity contribution < 1.29 is 4.79 Å². The van der Waals surface area contributed by atoms with E-state index in [0.717, 1.165) is 24.3 Å². The fraction of sp³-hybridized carbons (Fsp3) is 0.333. The van der Waals surface area contributed by atoms with Crippen LogP contribution in [-0.4, -0.2) is 19.0 Å². The molecule has 82 valence electrons. The monoisotopic (exact) mass is 215 g/mol. The van der Waals surface area contributed by atoms with Gasteiger partial charge in [0.2, 0.25) is 5.91 Å². The summed E-state index contributed by atoms with van der Waals surface area (Å²) in [5.41, 5.74) is 1.75.